The Kier molecular flexibility index (Phi) is 3.82. The second-order valence-electron chi connectivity index (χ2n) is 6.99. The van der Waals surface area contributed by atoms with Crippen molar-refractivity contribution in [3.63, 3.8) is 0 Å². The second kappa shape index (κ2) is 6.02. The minimum atomic E-state index is -2.00. The lowest BCUT2D eigenvalue weighted by Crippen LogP contribution is -2.63. The third-order valence-corrected chi connectivity index (χ3v) is 5.91. The summed E-state index contributed by atoms with van der Waals surface area (Å²) in [7, 11) is 2.75. The number of benzene rings is 2. The largest absolute Gasteiger partial charge is 0.467 e. The minimum Gasteiger partial charge on any atom is -0.467 e. The molecule has 0 aromatic heterocycles. The first kappa shape index (κ1) is 18.4. The van der Waals surface area contributed by atoms with Gasteiger partial charge in [-0.1, -0.05) is 48.5 Å². The smallest absolute Gasteiger partial charge is 0.340 e. The summed E-state index contributed by atoms with van der Waals surface area (Å²) in [5.74, 6) is -1.38. The Morgan fingerprint density at radius 2 is 1.69 bits per heavy atom. The zero-order valence-electron chi connectivity index (χ0n) is 15.8. The molecule has 0 aliphatic carbocycles. The summed E-state index contributed by atoms with van der Waals surface area (Å²) in [6.07, 6.45) is 1.13. The van der Waals surface area contributed by atoms with Crippen LogP contribution in [0.1, 0.15) is 11.1 Å². The molecule has 29 heavy (non-hydrogen) atoms. The van der Waals surface area contributed by atoms with E-state index in [9.17, 15) is 20.1 Å². The van der Waals surface area contributed by atoms with Gasteiger partial charge in [-0.2, -0.15) is 10.5 Å². The normalized spacial score (nSPS) is 26.1. The second-order valence-corrected chi connectivity index (χ2v) is 6.99. The molecule has 2 atom stereocenters. The fourth-order valence-electron chi connectivity index (χ4n) is 4.65. The Balaban J connectivity index is 2.24. The van der Waals surface area contributed by atoms with Gasteiger partial charge in [-0.05, 0) is 17.2 Å². The number of hydrogen-bond donors (Lipinski definition) is 0. The molecule has 2 aliphatic rings. The molecule has 2 heterocycles. The molecule has 0 N–H and O–H groups in total. The van der Waals surface area contributed by atoms with Crippen LogP contribution in [0.5, 0.6) is 0 Å². The Morgan fingerprint density at radius 3 is 2.31 bits per heavy atom. The summed E-state index contributed by atoms with van der Waals surface area (Å²) in [6.45, 7) is 0. The van der Waals surface area contributed by atoms with E-state index in [0.717, 1.165) is 6.21 Å². The Hall–Kier alpha value is -3.97. The number of esters is 1. The molecule has 2 aromatic carbocycles. The zero-order chi connectivity index (χ0) is 20.9. The number of carbonyl (C=O) groups excluding carboxylic acids is 2. The van der Waals surface area contributed by atoms with Crippen LogP contribution in [0.2, 0.25) is 0 Å². The predicted octanol–water partition coefficient (Wildman–Crippen LogP) is 2.09. The number of ether oxygens (including phenoxy) is 1. The van der Waals surface area contributed by atoms with Crippen molar-refractivity contribution in [1.29, 1.82) is 10.5 Å². The Bertz CT molecular complexity index is 1130. The van der Waals surface area contributed by atoms with Crippen LogP contribution in [0.3, 0.4) is 0 Å². The number of rotatable bonds is 2. The molecule has 1 spiro atoms. The summed E-state index contributed by atoms with van der Waals surface area (Å²) in [6, 6.07) is 19.3. The van der Waals surface area contributed by atoms with Crippen LogP contribution in [-0.2, 0) is 25.3 Å². The summed E-state index contributed by atoms with van der Waals surface area (Å²) < 4.78 is 5.12. The SMILES string of the molecule is COC(=O)[C@]1(c2ccccc2)N=CC(C#N)(C#N)[C@@]12C(=O)N(C)c1ccccc12. The molecule has 0 bridgehead atoms. The standard InChI is InChI=1S/C22H16N4O3/c1-26-17-11-7-6-10-16(17)21(18(26)27)20(12-23,13-24)14-25-22(21,19(28)29-2)15-8-4-3-5-9-15/h3-11,14H,1-2H3/t21-,22+/m1/s1. The highest BCUT2D eigenvalue weighted by Crippen LogP contribution is 2.64. The van der Waals surface area contributed by atoms with Gasteiger partial charge in [-0.3, -0.25) is 9.79 Å². The molecule has 1 amide bonds. The highest BCUT2D eigenvalue weighted by Gasteiger charge is 2.80. The van der Waals surface area contributed by atoms with Crippen LogP contribution in [0.15, 0.2) is 59.6 Å². The molecule has 0 unspecified atom stereocenters. The molecule has 7 heteroatoms. The maximum atomic E-state index is 13.9. The van der Waals surface area contributed by atoms with E-state index in [2.05, 4.69) is 4.99 Å². The number of fused-ring (bicyclic) bond motifs is 2. The fourth-order valence-corrected chi connectivity index (χ4v) is 4.65. The van der Waals surface area contributed by atoms with Crippen molar-refractivity contribution in [3.05, 3.63) is 65.7 Å². The van der Waals surface area contributed by atoms with E-state index in [1.807, 2.05) is 12.1 Å². The molecular formula is C22H16N4O3. The molecular weight excluding hydrogens is 368 g/mol. The van der Waals surface area contributed by atoms with E-state index in [0.29, 0.717) is 16.8 Å². The highest BCUT2D eigenvalue weighted by atomic mass is 16.5. The number of nitriles is 2. The number of anilines is 1. The van der Waals surface area contributed by atoms with Crippen LogP contribution in [-0.4, -0.2) is 32.2 Å². The first-order valence-corrected chi connectivity index (χ1v) is 8.87. The van der Waals surface area contributed by atoms with E-state index in [4.69, 9.17) is 4.74 Å². The van der Waals surface area contributed by atoms with Crippen molar-refractivity contribution >= 4 is 23.8 Å². The van der Waals surface area contributed by atoms with Gasteiger partial charge in [0.2, 0.25) is 11.4 Å². The third-order valence-electron chi connectivity index (χ3n) is 5.91. The van der Waals surface area contributed by atoms with Crippen molar-refractivity contribution in [2.75, 3.05) is 19.1 Å². The Morgan fingerprint density at radius 1 is 1.07 bits per heavy atom. The molecule has 0 saturated carbocycles. The Labute approximate surface area is 167 Å². The highest BCUT2D eigenvalue weighted by molar-refractivity contribution is 6.18. The number of hydrogen-bond acceptors (Lipinski definition) is 6. The van der Waals surface area contributed by atoms with Gasteiger partial charge in [0.15, 0.2) is 10.8 Å². The average molecular weight is 384 g/mol. The zero-order valence-corrected chi connectivity index (χ0v) is 15.8. The van der Waals surface area contributed by atoms with Crippen LogP contribution < -0.4 is 4.90 Å². The topological polar surface area (TPSA) is 107 Å². The average Bonchev–Trinajstić information content (AvgIpc) is 3.22. The van der Waals surface area contributed by atoms with Crippen LogP contribution in [0.25, 0.3) is 0 Å². The van der Waals surface area contributed by atoms with Gasteiger partial charge in [0.05, 0.1) is 19.2 Å². The van der Waals surface area contributed by atoms with E-state index >= 15 is 0 Å². The molecule has 4 rings (SSSR count). The number of likely N-dealkylation sites (N-methyl/N-ethyl adjacent to an activating group) is 1. The quantitative estimate of drug-likeness (QED) is 0.737. The van der Waals surface area contributed by atoms with Crippen LogP contribution in [0, 0.1) is 28.1 Å². The van der Waals surface area contributed by atoms with Crippen molar-refractivity contribution in [3.8, 4) is 12.1 Å². The van der Waals surface area contributed by atoms with Crippen LogP contribution >= 0.6 is 0 Å². The lowest BCUT2D eigenvalue weighted by atomic mass is 9.53. The molecule has 2 aliphatic heterocycles. The lowest BCUT2D eigenvalue weighted by molar-refractivity contribution is -0.154. The van der Waals surface area contributed by atoms with E-state index in [1.54, 1.807) is 61.6 Å². The number of aliphatic imine (C=N–C) groups is 1. The van der Waals surface area contributed by atoms with E-state index < -0.39 is 28.2 Å². The molecule has 0 radical (unpaired) electrons. The minimum absolute atomic E-state index is 0.369. The van der Waals surface area contributed by atoms with E-state index in [1.165, 1.54) is 12.0 Å². The van der Waals surface area contributed by atoms with Gasteiger partial charge in [0.1, 0.15) is 0 Å². The van der Waals surface area contributed by atoms with Gasteiger partial charge in [0, 0.05) is 18.9 Å². The van der Waals surface area contributed by atoms with Gasteiger partial charge >= 0.3 is 5.97 Å². The van der Waals surface area contributed by atoms with Crippen molar-refractivity contribution < 1.29 is 14.3 Å². The van der Waals surface area contributed by atoms with Crippen molar-refractivity contribution in [1.82, 2.24) is 0 Å². The number of methoxy groups -OCH3 is 1. The fraction of sp³-hybridized carbons (Fsp3) is 0.227. The third kappa shape index (κ3) is 1.82. The summed E-state index contributed by atoms with van der Waals surface area (Å²) in [4.78, 5) is 33.0. The summed E-state index contributed by atoms with van der Waals surface area (Å²) >= 11 is 0. The molecule has 2 aromatic rings. The predicted molar refractivity (Wildman–Crippen MR) is 104 cm³/mol. The van der Waals surface area contributed by atoms with Crippen LogP contribution in [0.4, 0.5) is 5.69 Å². The van der Waals surface area contributed by atoms with Gasteiger partial charge in [-0.25, -0.2) is 4.79 Å². The first-order chi connectivity index (χ1) is 14.0. The summed E-state index contributed by atoms with van der Waals surface area (Å²) in [5, 5.41) is 20.2. The van der Waals surface area contributed by atoms with Gasteiger partial charge < -0.3 is 9.64 Å². The summed E-state index contributed by atoms with van der Waals surface area (Å²) in [5.41, 5.74) is -4.58. The maximum Gasteiger partial charge on any atom is 0.340 e. The van der Waals surface area contributed by atoms with Crippen molar-refractivity contribution in [2.24, 2.45) is 10.4 Å². The maximum absolute atomic E-state index is 13.9. The molecule has 142 valence electrons. The van der Waals surface area contributed by atoms with Gasteiger partial charge in [0.25, 0.3) is 0 Å². The molecule has 0 saturated heterocycles. The first-order valence-electron chi connectivity index (χ1n) is 8.87. The van der Waals surface area contributed by atoms with Gasteiger partial charge in [-0.15, -0.1) is 0 Å². The molecule has 7 nitrogen and oxygen atoms in total. The number of carbonyl (C=O) groups is 2. The number of amides is 1. The van der Waals surface area contributed by atoms with E-state index in [-0.39, 0.29) is 0 Å². The number of nitrogens with zero attached hydrogens (tertiary/aromatic N) is 4. The number of para-hydroxylation sites is 1. The lowest BCUT2D eigenvalue weighted by Gasteiger charge is -2.42. The van der Waals surface area contributed by atoms with Crippen molar-refractivity contribution in [2.45, 2.75) is 11.0 Å². The molecule has 0 fully saturated rings. The monoisotopic (exact) mass is 384 g/mol.